The minimum atomic E-state index is -0.866. The molecule has 0 aromatic heterocycles. The Morgan fingerprint density at radius 3 is 2.70 bits per heavy atom. The Balaban J connectivity index is 1.66. The smallest absolute Gasteiger partial charge is 0.162 e. The monoisotopic (exact) mass is 284 g/mol. The first-order chi connectivity index (χ1) is 9.66. The average Bonchev–Trinajstić information content (AvgIpc) is 2.48. The van der Waals surface area contributed by atoms with E-state index in [1.54, 1.807) is 0 Å². The highest BCUT2D eigenvalue weighted by Crippen LogP contribution is 2.16. The summed E-state index contributed by atoms with van der Waals surface area (Å²) in [6, 6.07) is 4.27. The fraction of sp³-hybridized carbons (Fsp3) is 0.600. The third kappa shape index (κ3) is 4.42. The summed E-state index contributed by atoms with van der Waals surface area (Å²) in [5, 5.41) is 3.35. The van der Waals surface area contributed by atoms with Crippen molar-refractivity contribution in [1.82, 2.24) is 10.2 Å². The molecule has 0 unspecified atom stereocenters. The van der Waals surface area contributed by atoms with Gasteiger partial charge in [-0.15, -0.1) is 0 Å². The van der Waals surface area contributed by atoms with Crippen LogP contribution in [-0.4, -0.2) is 44.2 Å². The summed E-state index contributed by atoms with van der Waals surface area (Å²) < 4.78 is 31.2. The van der Waals surface area contributed by atoms with Gasteiger partial charge in [-0.05, 0) is 51.5 Å². The number of halogens is 2. The topological polar surface area (TPSA) is 24.5 Å². The van der Waals surface area contributed by atoms with Gasteiger partial charge >= 0.3 is 0 Å². The SMILES string of the molecule is CN(CCCOc1ccc(F)c(F)c1)C1CCNCC1. The van der Waals surface area contributed by atoms with E-state index in [2.05, 4.69) is 17.3 Å². The van der Waals surface area contributed by atoms with E-state index in [1.165, 1.54) is 18.9 Å². The molecule has 1 aliphatic rings. The van der Waals surface area contributed by atoms with Crippen LogP contribution in [0.5, 0.6) is 5.75 Å². The Morgan fingerprint density at radius 2 is 2.00 bits per heavy atom. The molecule has 0 radical (unpaired) electrons. The minimum absolute atomic E-state index is 0.383. The van der Waals surface area contributed by atoms with E-state index in [1.807, 2.05) is 0 Å². The molecular weight excluding hydrogens is 262 g/mol. The van der Waals surface area contributed by atoms with Crippen LogP contribution in [0.15, 0.2) is 18.2 Å². The predicted octanol–water partition coefficient (Wildman–Crippen LogP) is 2.42. The number of ether oxygens (including phenoxy) is 1. The molecule has 0 atom stereocenters. The lowest BCUT2D eigenvalue weighted by Crippen LogP contribution is -2.41. The number of hydrogen-bond donors (Lipinski definition) is 1. The molecule has 1 heterocycles. The first-order valence-corrected chi connectivity index (χ1v) is 7.15. The van der Waals surface area contributed by atoms with Crippen molar-refractivity contribution >= 4 is 0 Å². The van der Waals surface area contributed by atoms with Gasteiger partial charge in [0, 0.05) is 18.7 Å². The van der Waals surface area contributed by atoms with Crippen molar-refractivity contribution < 1.29 is 13.5 Å². The average molecular weight is 284 g/mol. The molecule has 1 N–H and O–H groups in total. The molecule has 0 spiro atoms. The standard InChI is InChI=1S/C15H22F2N2O/c1-19(12-5-7-18-8-6-12)9-2-10-20-13-3-4-14(16)15(17)11-13/h3-4,11-12,18H,2,5-10H2,1H3. The maximum Gasteiger partial charge on any atom is 0.162 e. The van der Waals surface area contributed by atoms with Crippen molar-refractivity contribution in [2.75, 3.05) is 33.3 Å². The second kappa shape index (κ2) is 7.55. The predicted molar refractivity (Wildman–Crippen MR) is 75.0 cm³/mol. The summed E-state index contributed by atoms with van der Waals surface area (Å²) in [6.45, 7) is 3.63. The molecule has 20 heavy (non-hydrogen) atoms. The summed E-state index contributed by atoms with van der Waals surface area (Å²) in [6.07, 6.45) is 3.24. The number of piperidine rings is 1. The van der Waals surface area contributed by atoms with Gasteiger partial charge in [0.1, 0.15) is 5.75 Å². The van der Waals surface area contributed by atoms with Gasteiger partial charge in [0.15, 0.2) is 11.6 Å². The number of nitrogens with zero attached hydrogens (tertiary/aromatic N) is 1. The zero-order chi connectivity index (χ0) is 14.4. The van der Waals surface area contributed by atoms with E-state index < -0.39 is 11.6 Å². The maximum absolute atomic E-state index is 13.0. The van der Waals surface area contributed by atoms with Crippen molar-refractivity contribution in [3.63, 3.8) is 0 Å². The van der Waals surface area contributed by atoms with Gasteiger partial charge in [0.05, 0.1) is 6.61 Å². The zero-order valence-electron chi connectivity index (χ0n) is 11.9. The third-order valence-corrected chi connectivity index (χ3v) is 3.75. The Labute approximate surface area is 118 Å². The van der Waals surface area contributed by atoms with E-state index in [4.69, 9.17) is 4.74 Å². The number of nitrogens with one attached hydrogen (secondary N) is 1. The minimum Gasteiger partial charge on any atom is -0.493 e. The van der Waals surface area contributed by atoms with Crippen LogP contribution in [0.4, 0.5) is 8.78 Å². The first-order valence-electron chi connectivity index (χ1n) is 7.15. The molecule has 0 amide bonds. The van der Waals surface area contributed by atoms with Crippen LogP contribution in [0.2, 0.25) is 0 Å². The molecule has 1 aromatic carbocycles. The largest absolute Gasteiger partial charge is 0.493 e. The van der Waals surface area contributed by atoms with Crippen LogP contribution in [0.3, 0.4) is 0 Å². The van der Waals surface area contributed by atoms with Crippen LogP contribution < -0.4 is 10.1 Å². The van der Waals surface area contributed by atoms with Crippen LogP contribution in [0.1, 0.15) is 19.3 Å². The van der Waals surface area contributed by atoms with Gasteiger partial charge in [-0.2, -0.15) is 0 Å². The van der Waals surface area contributed by atoms with Gasteiger partial charge in [0.25, 0.3) is 0 Å². The Hall–Kier alpha value is -1.20. The highest BCUT2D eigenvalue weighted by Gasteiger charge is 2.16. The fourth-order valence-corrected chi connectivity index (χ4v) is 2.50. The molecule has 2 rings (SSSR count). The molecule has 0 aliphatic carbocycles. The van der Waals surface area contributed by atoms with Crippen molar-refractivity contribution in [3.05, 3.63) is 29.8 Å². The van der Waals surface area contributed by atoms with Crippen LogP contribution in [0, 0.1) is 11.6 Å². The van der Waals surface area contributed by atoms with E-state index in [9.17, 15) is 8.78 Å². The summed E-state index contributed by atoms with van der Waals surface area (Å²) in [4.78, 5) is 2.36. The molecule has 3 nitrogen and oxygen atoms in total. The van der Waals surface area contributed by atoms with Gasteiger partial charge in [0.2, 0.25) is 0 Å². The quantitative estimate of drug-likeness (QED) is 0.812. The van der Waals surface area contributed by atoms with Crippen molar-refractivity contribution in [1.29, 1.82) is 0 Å². The molecule has 112 valence electrons. The summed E-state index contributed by atoms with van der Waals surface area (Å²) in [7, 11) is 2.13. The highest BCUT2D eigenvalue weighted by molar-refractivity contribution is 5.23. The first kappa shape index (κ1) is 15.2. The summed E-state index contributed by atoms with van der Waals surface area (Å²) >= 11 is 0. The van der Waals surface area contributed by atoms with E-state index in [-0.39, 0.29) is 0 Å². The van der Waals surface area contributed by atoms with E-state index in [0.717, 1.165) is 38.2 Å². The van der Waals surface area contributed by atoms with Crippen LogP contribution in [0.25, 0.3) is 0 Å². The second-order valence-electron chi connectivity index (χ2n) is 5.24. The van der Waals surface area contributed by atoms with E-state index >= 15 is 0 Å². The second-order valence-corrected chi connectivity index (χ2v) is 5.24. The number of hydrogen-bond acceptors (Lipinski definition) is 3. The fourth-order valence-electron chi connectivity index (χ4n) is 2.50. The van der Waals surface area contributed by atoms with Gasteiger partial charge in [-0.3, -0.25) is 0 Å². The van der Waals surface area contributed by atoms with Gasteiger partial charge < -0.3 is 15.0 Å². The highest BCUT2D eigenvalue weighted by atomic mass is 19.2. The molecule has 1 aromatic rings. The Bertz CT molecular complexity index is 422. The number of rotatable bonds is 6. The van der Waals surface area contributed by atoms with Gasteiger partial charge in [-0.1, -0.05) is 0 Å². The summed E-state index contributed by atoms with van der Waals surface area (Å²) in [5.74, 6) is -1.33. The van der Waals surface area contributed by atoms with Crippen molar-refractivity contribution in [2.24, 2.45) is 0 Å². The summed E-state index contributed by atoms with van der Waals surface area (Å²) in [5.41, 5.74) is 0. The zero-order valence-corrected chi connectivity index (χ0v) is 11.9. The molecular formula is C15H22F2N2O. The normalized spacial score (nSPS) is 16.6. The third-order valence-electron chi connectivity index (χ3n) is 3.75. The lowest BCUT2D eigenvalue weighted by atomic mass is 10.1. The molecule has 1 saturated heterocycles. The van der Waals surface area contributed by atoms with Crippen molar-refractivity contribution in [3.8, 4) is 5.75 Å². The molecule has 5 heteroatoms. The molecule has 0 bridgehead atoms. The van der Waals surface area contributed by atoms with Crippen LogP contribution in [-0.2, 0) is 0 Å². The number of benzene rings is 1. The Kier molecular flexibility index (Phi) is 5.73. The van der Waals surface area contributed by atoms with E-state index in [0.29, 0.717) is 18.4 Å². The van der Waals surface area contributed by atoms with Gasteiger partial charge in [-0.25, -0.2) is 8.78 Å². The molecule has 0 saturated carbocycles. The molecule has 1 fully saturated rings. The Morgan fingerprint density at radius 1 is 1.25 bits per heavy atom. The van der Waals surface area contributed by atoms with Crippen LogP contribution >= 0.6 is 0 Å². The molecule has 1 aliphatic heterocycles. The lowest BCUT2D eigenvalue weighted by molar-refractivity contribution is 0.182. The lowest BCUT2D eigenvalue weighted by Gasteiger charge is -2.31. The van der Waals surface area contributed by atoms with Crippen molar-refractivity contribution in [2.45, 2.75) is 25.3 Å². The maximum atomic E-state index is 13.0.